The maximum atomic E-state index is 4.02. The smallest absolute Gasteiger partial charge is 0.0921 e. The molecule has 15 heavy (non-hydrogen) atoms. The van der Waals surface area contributed by atoms with E-state index in [0.717, 1.165) is 19.3 Å². The molecule has 2 aromatic rings. The molecule has 0 atom stereocenters. The number of rotatable bonds is 4. The molecule has 0 aliphatic carbocycles. The van der Waals surface area contributed by atoms with Crippen molar-refractivity contribution in [3.63, 3.8) is 0 Å². The van der Waals surface area contributed by atoms with Crippen molar-refractivity contribution in [2.75, 3.05) is 0 Å². The number of nitrogens with zero attached hydrogens (tertiary/aromatic N) is 1. The maximum absolute atomic E-state index is 4.02. The van der Waals surface area contributed by atoms with Gasteiger partial charge in [0.25, 0.3) is 0 Å². The van der Waals surface area contributed by atoms with Gasteiger partial charge in [0.1, 0.15) is 0 Å². The van der Waals surface area contributed by atoms with Crippen LogP contribution in [0.5, 0.6) is 0 Å². The highest BCUT2D eigenvalue weighted by molar-refractivity contribution is 5.27. The van der Waals surface area contributed by atoms with Crippen LogP contribution in [-0.2, 0) is 19.3 Å². The minimum atomic E-state index is 1.04. The first-order chi connectivity index (χ1) is 7.40. The minimum Gasteiger partial charge on any atom is -0.348 e. The summed E-state index contributed by atoms with van der Waals surface area (Å²) in [5, 5.41) is 0. The summed E-state index contributed by atoms with van der Waals surface area (Å²) in [4.78, 5) is 7.16. The van der Waals surface area contributed by atoms with E-state index in [-0.39, 0.29) is 0 Å². The van der Waals surface area contributed by atoms with Gasteiger partial charge in [0.2, 0.25) is 0 Å². The maximum Gasteiger partial charge on any atom is 0.0921 e. The van der Waals surface area contributed by atoms with Crippen LogP contribution < -0.4 is 0 Å². The number of aryl methyl sites for hydroxylation is 3. The van der Waals surface area contributed by atoms with Gasteiger partial charge >= 0.3 is 0 Å². The van der Waals surface area contributed by atoms with E-state index in [2.05, 4.69) is 41.2 Å². The third-order valence-electron chi connectivity index (χ3n) is 2.72. The normalized spacial score (nSPS) is 10.5. The summed E-state index contributed by atoms with van der Waals surface area (Å²) >= 11 is 0. The molecule has 1 aromatic carbocycles. The van der Waals surface area contributed by atoms with E-state index >= 15 is 0 Å². The molecule has 78 valence electrons. The number of hydrogen-bond donors (Lipinski definition) is 1. The summed E-state index contributed by atoms with van der Waals surface area (Å²) in [5.74, 6) is 0. The largest absolute Gasteiger partial charge is 0.348 e. The Kier molecular flexibility index (Phi) is 3.18. The van der Waals surface area contributed by atoms with Gasteiger partial charge in [-0.3, -0.25) is 0 Å². The standard InChI is InChI=1S/C13H16N2/c1-2-11-5-3-4-6-12(11)7-8-13-9-14-10-15-13/h3-6,9-10H,2,7-8H2,1H3,(H,14,15). The van der Waals surface area contributed by atoms with Crippen molar-refractivity contribution in [3.05, 3.63) is 53.6 Å². The lowest BCUT2D eigenvalue weighted by Gasteiger charge is -2.06. The summed E-state index contributed by atoms with van der Waals surface area (Å²) in [6.07, 6.45) is 6.87. The van der Waals surface area contributed by atoms with Gasteiger partial charge < -0.3 is 4.98 Å². The molecule has 0 bridgehead atoms. The van der Waals surface area contributed by atoms with Crippen molar-refractivity contribution < 1.29 is 0 Å². The molecule has 0 saturated heterocycles. The van der Waals surface area contributed by atoms with Crippen LogP contribution in [0, 0.1) is 0 Å². The van der Waals surface area contributed by atoms with Crippen molar-refractivity contribution >= 4 is 0 Å². The van der Waals surface area contributed by atoms with Gasteiger partial charge in [0.05, 0.1) is 6.33 Å². The molecule has 1 aromatic heterocycles. The second kappa shape index (κ2) is 4.78. The van der Waals surface area contributed by atoms with E-state index in [1.165, 1.54) is 16.8 Å². The van der Waals surface area contributed by atoms with Crippen molar-refractivity contribution in [3.8, 4) is 0 Å². The molecule has 2 nitrogen and oxygen atoms in total. The number of H-pyrrole nitrogens is 1. The van der Waals surface area contributed by atoms with Crippen LogP contribution in [-0.4, -0.2) is 9.97 Å². The summed E-state index contributed by atoms with van der Waals surface area (Å²) < 4.78 is 0. The van der Waals surface area contributed by atoms with Gasteiger partial charge in [-0.2, -0.15) is 0 Å². The van der Waals surface area contributed by atoms with E-state index in [1.54, 1.807) is 6.33 Å². The highest BCUT2D eigenvalue weighted by atomic mass is 14.9. The molecule has 0 amide bonds. The van der Waals surface area contributed by atoms with Gasteiger partial charge in [-0.15, -0.1) is 0 Å². The van der Waals surface area contributed by atoms with Crippen LogP contribution in [0.3, 0.4) is 0 Å². The first-order valence-corrected chi connectivity index (χ1v) is 5.44. The molecule has 1 N–H and O–H groups in total. The zero-order valence-corrected chi connectivity index (χ0v) is 9.03. The molecule has 0 unspecified atom stereocenters. The van der Waals surface area contributed by atoms with Crippen LogP contribution in [0.25, 0.3) is 0 Å². The number of imidazole rings is 1. The lowest BCUT2D eigenvalue weighted by atomic mass is 10.0. The molecule has 0 fully saturated rings. The molecule has 0 saturated carbocycles. The number of benzene rings is 1. The molecular weight excluding hydrogens is 184 g/mol. The van der Waals surface area contributed by atoms with Crippen molar-refractivity contribution in [2.24, 2.45) is 0 Å². The second-order valence-corrected chi connectivity index (χ2v) is 3.70. The number of nitrogens with one attached hydrogen (secondary N) is 1. The zero-order chi connectivity index (χ0) is 10.5. The van der Waals surface area contributed by atoms with Gasteiger partial charge in [-0.05, 0) is 30.4 Å². The lowest BCUT2D eigenvalue weighted by Crippen LogP contribution is -1.96. The average molecular weight is 200 g/mol. The Morgan fingerprint density at radius 1 is 1.13 bits per heavy atom. The molecule has 0 radical (unpaired) electrons. The van der Waals surface area contributed by atoms with Crippen molar-refractivity contribution in [2.45, 2.75) is 26.2 Å². The van der Waals surface area contributed by atoms with E-state index in [4.69, 9.17) is 0 Å². The van der Waals surface area contributed by atoms with E-state index < -0.39 is 0 Å². The minimum absolute atomic E-state index is 1.04. The van der Waals surface area contributed by atoms with Crippen LogP contribution in [0.2, 0.25) is 0 Å². The Hall–Kier alpha value is -1.57. The van der Waals surface area contributed by atoms with E-state index in [9.17, 15) is 0 Å². The van der Waals surface area contributed by atoms with Gasteiger partial charge in [0.15, 0.2) is 0 Å². The van der Waals surface area contributed by atoms with Crippen molar-refractivity contribution in [1.82, 2.24) is 9.97 Å². The number of aromatic amines is 1. The fraction of sp³-hybridized carbons (Fsp3) is 0.308. The number of aromatic nitrogens is 2. The summed E-state index contributed by atoms with van der Waals surface area (Å²) in [7, 11) is 0. The second-order valence-electron chi connectivity index (χ2n) is 3.70. The van der Waals surface area contributed by atoms with E-state index in [0.29, 0.717) is 0 Å². The summed E-state index contributed by atoms with van der Waals surface area (Å²) in [5.41, 5.74) is 4.12. The van der Waals surface area contributed by atoms with Crippen LogP contribution in [0.1, 0.15) is 23.7 Å². The molecule has 0 aliphatic heterocycles. The predicted molar refractivity (Wildman–Crippen MR) is 61.8 cm³/mol. The Morgan fingerprint density at radius 2 is 1.93 bits per heavy atom. The number of hydrogen-bond acceptors (Lipinski definition) is 1. The zero-order valence-electron chi connectivity index (χ0n) is 9.03. The predicted octanol–water partition coefficient (Wildman–Crippen LogP) is 2.76. The monoisotopic (exact) mass is 200 g/mol. The molecule has 0 spiro atoms. The summed E-state index contributed by atoms with van der Waals surface area (Å²) in [6.45, 7) is 2.20. The molecule has 2 heteroatoms. The van der Waals surface area contributed by atoms with Crippen LogP contribution in [0.15, 0.2) is 36.8 Å². The van der Waals surface area contributed by atoms with Gasteiger partial charge in [0, 0.05) is 11.9 Å². The average Bonchev–Trinajstić information content (AvgIpc) is 2.79. The Balaban J connectivity index is 2.04. The molecule has 2 rings (SSSR count). The molecular formula is C13H16N2. The first kappa shape index (κ1) is 9.97. The van der Waals surface area contributed by atoms with Crippen LogP contribution >= 0.6 is 0 Å². The van der Waals surface area contributed by atoms with Gasteiger partial charge in [-0.25, -0.2) is 4.98 Å². The van der Waals surface area contributed by atoms with E-state index in [1.807, 2.05) is 6.20 Å². The Bertz CT molecular complexity index is 404. The lowest BCUT2D eigenvalue weighted by molar-refractivity contribution is 0.904. The fourth-order valence-corrected chi connectivity index (χ4v) is 1.84. The van der Waals surface area contributed by atoms with Crippen LogP contribution in [0.4, 0.5) is 0 Å². The SMILES string of the molecule is CCc1ccccc1CCc1cnc[nH]1. The topological polar surface area (TPSA) is 28.7 Å². The third kappa shape index (κ3) is 2.46. The Labute approximate surface area is 90.4 Å². The molecule has 1 heterocycles. The quantitative estimate of drug-likeness (QED) is 0.807. The van der Waals surface area contributed by atoms with Crippen molar-refractivity contribution in [1.29, 1.82) is 0 Å². The first-order valence-electron chi connectivity index (χ1n) is 5.44. The molecule has 0 aliphatic rings. The Morgan fingerprint density at radius 3 is 2.60 bits per heavy atom. The summed E-state index contributed by atoms with van der Waals surface area (Å²) in [6, 6.07) is 8.65. The van der Waals surface area contributed by atoms with Gasteiger partial charge in [-0.1, -0.05) is 31.2 Å². The fourth-order valence-electron chi connectivity index (χ4n) is 1.84. The highest BCUT2D eigenvalue weighted by Crippen LogP contribution is 2.12. The third-order valence-corrected chi connectivity index (χ3v) is 2.72. The highest BCUT2D eigenvalue weighted by Gasteiger charge is 2.00.